The topological polar surface area (TPSA) is 46.6 Å². The fourth-order valence-electron chi connectivity index (χ4n) is 2.92. The van der Waals surface area contributed by atoms with E-state index in [-0.39, 0.29) is 0 Å². The second-order valence-corrected chi connectivity index (χ2v) is 8.24. The monoisotopic (exact) mass is 357 g/mol. The van der Waals surface area contributed by atoms with Crippen LogP contribution in [-0.4, -0.2) is 26.4 Å². The van der Waals surface area contributed by atoms with Crippen LogP contribution < -0.4 is 0 Å². The van der Waals surface area contributed by atoms with Gasteiger partial charge in [0, 0.05) is 19.9 Å². The van der Waals surface area contributed by atoms with Crippen LogP contribution in [0.15, 0.2) is 70.9 Å². The van der Waals surface area contributed by atoms with Crippen molar-refractivity contribution in [2.24, 2.45) is 0 Å². The van der Waals surface area contributed by atoms with Crippen molar-refractivity contribution >= 4 is 10.0 Å². The van der Waals surface area contributed by atoms with Crippen molar-refractivity contribution in [3.05, 3.63) is 77.2 Å². The van der Waals surface area contributed by atoms with Crippen LogP contribution in [0.25, 0.3) is 0 Å². The van der Waals surface area contributed by atoms with Crippen molar-refractivity contribution in [1.82, 2.24) is 4.31 Å². The molecule has 0 N–H and O–H groups in total. The van der Waals surface area contributed by atoms with Gasteiger partial charge < -0.3 is 4.74 Å². The molecule has 1 fully saturated rings. The molecule has 2 aromatic rings. The van der Waals surface area contributed by atoms with E-state index in [1.807, 2.05) is 49.4 Å². The van der Waals surface area contributed by atoms with Crippen LogP contribution in [0.4, 0.5) is 0 Å². The number of allylic oxidation sites excluding steroid dienone is 2. The summed E-state index contributed by atoms with van der Waals surface area (Å²) in [6.07, 6.45) is 2.22. The van der Waals surface area contributed by atoms with E-state index in [0.29, 0.717) is 23.6 Å². The lowest BCUT2D eigenvalue weighted by Crippen LogP contribution is -2.28. The molecule has 0 bridgehead atoms. The van der Waals surface area contributed by atoms with Gasteiger partial charge in [0.25, 0.3) is 10.0 Å². The first-order valence-corrected chi connectivity index (χ1v) is 9.87. The predicted molar refractivity (Wildman–Crippen MR) is 98.5 cm³/mol. The first-order valence-electron chi connectivity index (χ1n) is 8.43. The Hall–Kier alpha value is -2.27. The van der Waals surface area contributed by atoms with E-state index >= 15 is 0 Å². The molecule has 0 spiro atoms. The van der Waals surface area contributed by atoms with Gasteiger partial charge in [-0.05, 0) is 31.0 Å². The highest BCUT2D eigenvalue weighted by atomic mass is 32.2. The van der Waals surface area contributed by atoms with Crippen molar-refractivity contribution in [1.29, 1.82) is 0 Å². The average Bonchev–Trinajstić information content (AvgIpc) is 3.15. The molecule has 2 aromatic carbocycles. The summed E-state index contributed by atoms with van der Waals surface area (Å²) >= 11 is 0. The minimum atomic E-state index is -3.62. The van der Waals surface area contributed by atoms with Crippen molar-refractivity contribution in [3.63, 3.8) is 0 Å². The van der Waals surface area contributed by atoms with Crippen LogP contribution in [0.3, 0.4) is 0 Å². The Balaban J connectivity index is 1.98. The molecule has 4 nitrogen and oxygen atoms in total. The SMILES string of the molecule is Cc1ccc(S(=O)(=O)N(C)/C(Cc2ccccc2)=C2\CCCO2)cc1. The molecule has 0 aliphatic carbocycles. The second-order valence-electron chi connectivity index (χ2n) is 6.27. The van der Waals surface area contributed by atoms with Crippen molar-refractivity contribution in [2.75, 3.05) is 13.7 Å². The molecule has 1 aliphatic rings. The Bertz CT molecular complexity index is 848. The minimum Gasteiger partial charge on any atom is -0.496 e. The number of sulfonamides is 1. The zero-order valence-electron chi connectivity index (χ0n) is 14.6. The van der Waals surface area contributed by atoms with Gasteiger partial charge in [0.2, 0.25) is 0 Å². The Kier molecular flexibility index (Phi) is 5.13. The molecule has 0 saturated carbocycles. The van der Waals surface area contributed by atoms with Crippen LogP contribution in [-0.2, 0) is 21.2 Å². The Morgan fingerprint density at radius 2 is 1.76 bits per heavy atom. The lowest BCUT2D eigenvalue weighted by Gasteiger charge is -2.24. The molecule has 0 aromatic heterocycles. The van der Waals surface area contributed by atoms with Gasteiger partial charge in [-0.1, -0.05) is 48.0 Å². The van der Waals surface area contributed by atoms with Crippen LogP contribution in [0, 0.1) is 6.92 Å². The molecule has 0 amide bonds. The molecule has 0 atom stereocenters. The molecule has 25 heavy (non-hydrogen) atoms. The van der Waals surface area contributed by atoms with E-state index in [0.717, 1.165) is 29.7 Å². The largest absolute Gasteiger partial charge is 0.496 e. The molecular weight excluding hydrogens is 334 g/mol. The Labute approximate surface area is 149 Å². The highest BCUT2D eigenvalue weighted by Gasteiger charge is 2.27. The van der Waals surface area contributed by atoms with E-state index in [2.05, 4.69) is 0 Å². The Morgan fingerprint density at radius 3 is 2.36 bits per heavy atom. The third-order valence-electron chi connectivity index (χ3n) is 4.42. The molecule has 1 saturated heterocycles. The molecule has 1 heterocycles. The van der Waals surface area contributed by atoms with Crippen molar-refractivity contribution in [3.8, 4) is 0 Å². The van der Waals surface area contributed by atoms with Crippen molar-refractivity contribution < 1.29 is 13.2 Å². The second kappa shape index (κ2) is 7.31. The molecule has 3 rings (SSSR count). The minimum absolute atomic E-state index is 0.296. The van der Waals surface area contributed by atoms with Crippen LogP contribution >= 0.6 is 0 Å². The number of rotatable bonds is 5. The highest BCUT2D eigenvalue weighted by molar-refractivity contribution is 7.89. The number of benzene rings is 2. The van der Waals surface area contributed by atoms with Gasteiger partial charge in [-0.3, -0.25) is 4.31 Å². The van der Waals surface area contributed by atoms with Crippen LogP contribution in [0.2, 0.25) is 0 Å². The molecular formula is C20H23NO3S. The summed E-state index contributed by atoms with van der Waals surface area (Å²) in [7, 11) is -2.00. The summed E-state index contributed by atoms with van der Waals surface area (Å²) in [6.45, 7) is 2.58. The predicted octanol–water partition coefficient (Wildman–Crippen LogP) is 3.88. The standard InChI is InChI=1S/C20H23NO3S/c1-16-10-12-18(13-11-16)25(22,23)21(2)19(20-9-6-14-24-20)15-17-7-4-3-5-8-17/h3-5,7-8,10-13H,6,9,14-15H2,1-2H3/b20-19+. The summed E-state index contributed by atoms with van der Waals surface area (Å²) in [5.74, 6) is 0.780. The molecule has 1 aliphatic heterocycles. The summed E-state index contributed by atoms with van der Waals surface area (Å²) in [4.78, 5) is 0.296. The van der Waals surface area contributed by atoms with E-state index in [1.54, 1.807) is 19.2 Å². The van der Waals surface area contributed by atoms with Crippen molar-refractivity contribution in [2.45, 2.75) is 31.1 Å². The normalized spacial score (nSPS) is 16.4. The van der Waals surface area contributed by atoms with Crippen LogP contribution in [0.5, 0.6) is 0 Å². The number of nitrogens with zero attached hydrogens (tertiary/aromatic N) is 1. The lowest BCUT2D eigenvalue weighted by atomic mass is 10.1. The summed E-state index contributed by atoms with van der Waals surface area (Å²) < 4.78 is 33.2. The lowest BCUT2D eigenvalue weighted by molar-refractivity contribution is 0.252. The maximum absolute atomic E-state index is 13.1. The average molecular weight is 357 g/mol. The third-order valence-corrected chi connectivity index (χ3v) is 6.23. The van der Waals surface area contributed by atoms with Gasteiger partial charge in [0.1, 0.15) is 5.76 Å². The third kappa shape index (κ3) is 3.87. The Morgan fingerprint density at radius 1 is 1.08 bits per heavy atom. The van der Waals surface area contributed by atoms with Gasteiger partial charge in [-0.25, -0.2) is 8.42 Å². The van der Waals surface area contributed by atoms with Gasteiger partial charge in [-0.15, -0.1) is 0 Å². The molecule has 0 unspecified atom stereocenters. The smallest absolute Gasteiger partial charge is 0.263 e. The molecule has 132 valence electrons. The first-order chi connectivity index (χ1) is 12.0. The number of hydrogen-bond donors (Lipinski definition) is 0. The maximum atomic E-state index is 13.1. The fourth-order valence-corrected chi connectivity index (χ4v) is 4.17. The number of ether oxygens (including phenoxy) is 1. The van der Waals surface area contributed by atoms with Gasteiger partial charge in [0.05, 0.1) is 17.2 Å². The zero-order chi connectivity index (χ0) is 17.9. The summed E-state index contributed by atoms with van der Waals surface area (Å²) in [6, 6.07) is 16.8. The van der Waals surface area contributed by atoms with Gasteiger partial charge >= 0.3 is 0 Å². The maximum Gasteiger partial charge on any atom is 0.263 e. The van der Waals surface area contributed by atoms with E-state index in [1.165, 1.54) is 4.31 Å². The summed E-state index contributed by atoms with van der Waals surface area (Å²) in [5.41, 5.74) is 2.80. The molecule has 5 heteroatoms. The first kappa shape index (κ1) is 17.5. The quantitative estimate of drug-likeness (QED) is 0.816. The van der Waals surface area contributed by atoms with Crippen LogP contribution in [0.1, 0.15) is 24.0 Å². The number of hydrogen-bond acceptors (Lipinski definition) is 3. The van der Waals surface area contributed by atoms with Gasteiger partial charge in [0.15, 0.2) is 0 Å². The molecule has 0 radical (unpaired) electrons. The number of aryl methyl sites for hydroxylation is 1. The zero-order valence-corrected chi connectivity index (χ0v) is 15.4. The summed E-state index contributed by atoms with van der Waals surface area (Å²) in [5, 5.41) is 0. The fraction of sp³-hybridized carbons (Fsp3) is 0.300. The van der Waals surface area contributed by atoms with Gasteiger partial charge in [-0.2, -0.15) is 0 Å². The van der Waals surface area contributed by atoms with E-state index < -0.39 is 10.0 Å². The highest BCUT2D eigenvalue weighted by Crippen LogP contribution is 2.28. The van der Waals surface area contributed by atoms with E-state index in [9.17, 15) is 8.42 Å². The van der Waals surface area contributed by atoms with E-state index in [4.69, 9.17) is 4.74 Å². The number of likely N-dealkylation sites (N-methyl/N-ethyl adjacent to an activating group) is 1.